The largest absolute Gasteiger partial charge is 0.460 e. The van der Waals surface area contributed by atoms with Crippen LogP contribution in [0.25, 0.3) is 17.1 Å². The quantitative estimate of drug-likeness (QED) is 0.359. The van der Waals surface area contributed by atoms with E-state index < -0.39 is 0 Å². The van der Waals surface area contributed by atoms with Gasteiger partial charge in [-0.3, -0.25) is 9.59 Å². The highest BCUT2D eigenvalue weighted by Crippen LogP contribution is 2.49. The van der Waals surface area contributed by atoms with Crippen molar-refractivity contribution in [3.63, 3.8) is 0 Å². The topological polar surface area (TPSA) is 80.7 Å². The van der Waals surface area contributed by atoms with Gasteiger partial charge in [-0.05, 0) is 55.9 Å². The molecule has 160 valence electrons. The Bertz CT molecular complexity index is 1240. The maximum absolute atomic E-state index is 13.1. The van der Waals surface area contributed by atoms with E-state index in [0.29, 0.717) is 17.0 Å². The molecule has 3 aliphatic carbocycles. The summed E-state index contributed by atoms with van der Waals surface area (Å²) in [5.41, 5.74) is 2.15. The molecule has 1 aromatic carbocycles. The Labute approximate surface area is 185 Å². The Morgan fingerprint density at radius 3 is 2.28 bits per heavy atom. The average Bonchev–Trinajstić information content (AvgIpc) is 3.51. The first kappa shape index (κ1) is 19.0. The standard InChI is InChI=1S/C25H22N4O3/c1-15-7-12-20(32-15)23-18(14-28(27-23)19-5-3-2-4-6-19)13-26-29-24(30)21-16-8-9-17(11-10-16)22(21)25(29)31/h2-9,12-14,16-17,21-22H,10-11H2,1H3/b26-13-/t16-,17-,21+,22+/m0/s1. The van der Waals surface area contributed by atoms with E-state index in [9.17, 15) is 9.59 Å². The van der Waals surface area contributed by atoms with E-state index in [1.54, 1.807) is 10.9 Å². The average molecular weight is 426 g/mol. The molecule has 1 aliphatic heterocycles. The summed E-state index contributed by atoms with van der Waals surface area (Å²) in [5, 5.41) is 10.1. The van der Waals surface area contributed by atoms with E-state index in [2.05, 4.69) is 22.4 Å². The minimum Gasteiger partial charge on any atom is -0.460 e. The molecule has 2 bridgehead atoms. The molecule has 2 fully saturated rings. The van der Waals surface area contributed by atoms with Gasteiger partial charge in [0.25, 0.3) is 11.8 Å². The summed E-state index contributed by atoms with van der Waals surface area (Å²) in [6.45, 7) is 1.87. The summed E-state index contributed by atoms with van der Waals surface area (Å²) in [4.78, 5) is 26.1. The van der Waals surface area contributed by atoms with Crippen LogP contribution in [0, 0.1) is 30.6 Å². The highest BCUT2D eigenvalue weighted by molar-refractivity contribution is 6.06. The fraction of sp³-hybridized carbons (Fsp3) is 0.280. The lowest BCUT2D eigenvalue weighted by atomic mass is 9.63. The van der Waals surface area contributed by atoms with Gasteiger partial charge in [0, 0.05) is 11.8 Å². The molecule has 4 aliphatic rings. The number of imide groups is 1. The fourth-order valence-electron chi connectivity index (χ4n) is 5.24. The van der Waals surface area contributed by atoms with Crippen LogP contribution in [0.2, 0.25) is 0 Å². The second kappa shape index (κ2) is 7.15. The minimum atomic E-state index is -0.275. The number of carbonyl (C=O) groups is 2. The molecule has 7 rings (SSSR count). The number of hydrazone groups is 1. The van der Waals surface area contributed by atoms with Gasteiger partial charge >= 0.3 is 0 Å². The number of benzene rings is 1. The van der Waals surface area contributed by atoms with Gasteiger partial charge in [0.1, 0.15) is 11.5 Å². The number of rotatable bonds is 4. The van der Waals surface area contributed by atoms with Crippen molar-refractivity contribution in [3.05, 3.63) is 72.1 Å². The molecule has 1 saturated carbocycles. The van der Waals surface area contributed by atoms with Gasteiger partial charge in [-0.25, -0.2) is 4.68 Å². The van der Waals surface area contributed by atoms with Crippen LogP contribution in [0.5, 0.6) is 0 Å². The highest BCUT2D eigenvalue weighted by Gasteiger charge is 2.56. The van der Waals surface area contributed by atoms with Crippen LogP contribution < -0.4 is 0 Å². The zero-order valence-corrected chi connectivity index (χ0v) is 17.6. The normalized spacial score (nSPS) is 26.5. The van der Waals surface area contributed by atoms with Gasteiger partial charge in [0.05, 0.1) is 23.7 Å². The van der Waals surface area contributed by atoms with E-state index in [4.69, 9.17) is 4.42 Å². The van der Waals surface area contributed by atoms with Gasteiger partial charge in [-0.2, -0.15) is 15.2 Å². The molecule has 3 aromatic rings. The van der Waals surface area contributed by atoms with E-state index in [1.165, 1.54) is 0 Å². The van der Waals surface area contributed by atoms with Crippen molar-refractivity contribution in [1.29, 1.82) is 0 Å². The number of para-hydroxylation sites is 1. The molecule has 2 aromatic heterocycles. The van der Waals surface area contributed by atoms with E-state index >= 15 is 0 Å². The molecular formula is C25H22N4O3. The van der Waals surface area contributed by atoms with Crippen molar-refractivity contribution in [2.75, 3.05) is 0 Å². The number of hydrogen-bond donors (Lipinski definition) is 0. The van der Waals surface area contributed by atoms with Gasteiger partial charge in [0.15, 0.2) is 5.76 Å². The molecule has 0 radical (unpaired) electrons. The van der Waals surface area contributed by atoms with Crippen LogP contribution in [0.1, 0.15) is 24.2 Å². The Morgan fingerprint density at radius 1 is 1.00 bits per heavy atom. The molecule has 2 amide bonds. The molecular weight excluding hydrogens is 404 g/mol. The predicted octanol–water partition coefficient (Wildman–Crippen LogP) is 3.97. The molecule has 4 atom stereocenters. The second-order valence-electron chi connectivity index (χ2n) is 8.70. The van der Waals surface area contributed by atoms with Crippen molar-refractivity contribution in [1.82, 2.24) is 14.8 Å². The first-order valence-corrected chi connectivity index (χ1v) is 10.9. The zero-order valence-electron chi connectivity index (χ0n) is 17.6. The molecule has 1 saturated heterocycles. The number of amides is 2. The first-order valence-electron chi connectivity index (χ1n) is 10.9. The number of carbonyl (C=O) groups excluding carboxylic acids is 2. The number of fused-ring (bicyclic) bond motifs is 1. The van der Waals surface area contributed by atoms with Crippen LogP contribution in [0.3, 0.4) is 0 Å². The van der Waals surface area contributed by atoms with Crippen molar-refractivity contribution in [3.8, 4) is 17.1 Å². The number of furan rings is 1. The molecule has 7 heteroatoms. The van der Waals surface area contributed by atoms with Gasteiger partial charge in [-0.15, -0.1) is 0 Å². The van der Waals surface area contributed by atoms with Crippen LogP contribution in [0.15, 0.2) is 70.3 Å². The summed E-state index contributed by atoms with van der Waals surface area (Å²) in [7, 11) is 0. The Kier molecular flexibility index (Phi) is 4.24. The third-order valence-corrected chi connectivity index (χ3v) is 6.79. The van der Waals surface area contributed by atoms with Crippen LogP contribution in [-0.2, 0) is 9.59 Å². The van der Waals surface area contributed by atoms with E-state index in [1.807, 2.05) is 55.6 Å². The predicted molar refractivity (Wildman–Crippen MR) is 118 cm³/mol. The third-order valence-electron chi connectivity index (χ3n) is 6.79. The van der Waals surface area contributed by atoms with Gasteiger partial charge < -0.3 is 4.42 Å². The summed E-state index contributed by atoms with van der Waals surface area (Å²) in [5.74, 6) is 0.726. The lowest BCUT2D eigenvalue weighted by Crippen LogP contribution is -2.38. The lowest BCUT2D eigenvalue weighted by molar-refractivity contribution is -0.140. The number of allylic oxidation sites excluding steroid dienone is 2. The van der Waals surface area contributed by atoms with Crippen LogP contribution >= 0.6 is 0 Å². The van der Waals surface area contributed by atoms with Crippen molar-refractivity contribution >= 4 is 18.0 Å². The maximum atomic E-state index is 13.1. The first-order chi connectivity index (χ1) is 15.6. The Balaban J connectivity index is 1.36. The minimum absolute atomic E-state index is 0.143. The Morgan fingerprint density at radius 2 is 1.69 bits per heavy atom. The number of hydrogen-bond acceptors (Lipinski definition) is 5. The molecule has 0 spiro atoms. The summed E-state index contributed by atoms with van der Waals surface area (Å²) in [6, 6.07) is 13.4. The van der Waals surface area contributed by atoms with Crippen molar-refractivity contribution in [2.45, 2.75) is 19.8 Å². The summed E-state index contributed by atoms with van der Waals surface area (Å²) < 4.78 is 7.54. The molecule has 7 nitrogen and oxygen atoms in total. The van der Waals surface area contributed by atoms with E-state index in [-0.39, 0.29) is 35.5 Å². The van der Waals surface area contributed by atoms with E-state index in [0.717, 1.165) is 29.3 Å². The second-order valence-corrected chi connectivity index (χ2v) is 8.70. The van der Waals surface area contributed by atoms with Crippen molar-refractivity contribution < 1.29 is 14.0 Å². The SMILES string of the molecule is Cc1ccc(-c2nn(-c3ccccc3)cc2/C=N\N2C(=O)[C@H]3[C@H](C2=O)[C@H]2C=C[C@H]3CC2)o1. The zero-order chi connectivity index (χ0) is 21.8. The van der Waals surface area contributed by atoms with Crippen molar-refractivity contribution in [2.24, 2.45) is 28.8 Å². The molecule has 0 unspecified atom stereocenters. The summed E-state index contributed by atoms with van der Waals surface area (Å²) >= 11 is 0. The third kappa shape index (κ3) is 2.88. The number of nitrogens with zero attached hydrogens (tertiary/aromatic N) is 4. The van der Waals surface area contributed by atoms with Crippen LogP contribution in [0.4, 0.5) is 0 Å². The molecule has 3 heterocycles. The smallest absolute Gasteiger partial charge is 0.254 e. The van der Waals surface area contributed by atoms with Gasteiger partial charge in [-0.1, -0.05) is 30.4 Å². The van der Waals surface area contributed by atoms with Gasteiger partial charge in [0.2, 0.25) is 0 Å². The number of aromatic nitrogens is 2. The van der Waals surface area contributed by atoms with Crippen LogP contribution in [-0.4, -0.2) is 32.8 Å². The summed E-state index contributed by atoms with van der Waals surface area (Å²) in [6.07, 6.45) is 9.51. The maximum Gasteiger partial charge on any atom is 0.254 e. The highest BCUT2D eigenvalue weighted by atomic mass is 16.3. The Hall–Kier alpha value is -3.74. The lowest BCUT2D eigenvalue weighted by Gasteiger charge is -2.37. The number of aryl methyl sites for hydroxylation is 1. The fourth-order valence-corrected chi connectivity index (χ4v) is 5.24. The molecule has 0 N–H and O–H groups in total. The molecule has 32 heavy (non-hydrogen) atoms. The monoisotopic (exact) mass is 426 g/mol.